The summed E-state index contributed by atoms with van der Waals surface area (Å²) in [4.78, 5) is 0. The highest BCUT2D eigenvalue weighted by Gasteiger charge is 2.34. The van der Waals surface area contributed by atoms with Gasteiger partial charge in [-0.3, -0.25) is 0 Å². The van der Waals surface area contributed by atoms with Gasteiger partial charge in [0.1, 0.15) is 6.29 Å². The zero-order valence-corrected chi connectivity index (χ0v) is 6.34. The van der Waals surface area contributed by atoms with Crippen molar-refractivity contribution >= 4 is 12.1 Å². The Morgan fingerprint density at radius 1 is 1.42 bits per heavy atom. The van der Waals surface area contributed by atoms with E-state index in [1.165, 1.54) is 0 Å². The standard InChI is InChI=1S/C7H9BNO3/c9-8(11)6-4-2-1-3-5(6)7(10)12-8/h1-4,7,10-11H,9H2/q-1/t7-,8-/m0/s1. The Morgan fingerprint density at radius 2 is 2.08 bits per heavy atom. The van der Waals surface area contributed by atoms with Crippen molar-refractivity contribution in [3.05, 3.63) is 29.8 Å². The van der Waals surface area contributed by atoms with Crippen molar-refractivity contribution in [2.45, 2.75) is 6.29 Å². The average Bonchev–Trinajstić information content (AvgIpc) is 2.25. The second-order valence-corrected chi connectivity index (χ2v) is 2.92. The highest BCUT2D eigenvalue weighted by molar-refractivity contribution is 6.78. The maximum atomic E-state index is 9.48. The summed E-state index contributed by atoms with van der Waals surface area (Å²) in [5.74, 6) is 0. The van der Waals surface area contributed by atoms with Gasteiger partial charge < -0.3 is 20.4 Å². The SMILES string of the molecule is N[B@@-]1(O)O[C@H](O)c2ccccc21. The highest BCUT2D eigenvalue weighted by Crippen LogP contribution is 2.22. The second-order valence-electron chi connectivity index (χ2n) is 2.92. The van der Waals surface area contributed by atoms with Gasteiger partial charge in [-0.2, -0.15) is 0 Å². The monoisotopic (exact) mass is 166 g/mol. The van der Waals surface area contributed by atoms with Crippen LogP contribution in [0.15, 0.2) is 24.3 Å². The molecule has 0 amide bonds. The Kier molecular flexibility index (Phi) is 1.49. The van der Waals surface area contributed by atoms with Crippen LogP contribution >= 0.6 is 0 Å². The van der Waals surface area contributed by atoms with E-state index in [-0.39, 0.29) is 0 Å². The number of aliphatic hydroxyl groups excluding tert-OH is 1. The van der Waals surface area contributed by atoms with Crippen molar-refractivity contribution in [3.63, 3.8) is 0 Å². The van der Waals surface area contributed by atoms with Crippen LogP contribution in [0.3, 0.4) is 0 Å². The van der Waals surface area contributed by atoms with Gasteiger partial charge in [0.2, 0.25) is 0 Å². The third kappa shape index (κ3) is 0.954. The maximum absolute atomic E-state index is 9.48. The molecule has 4 N–H and O–H groups in total. The van der Waals surface area contributed by atoms with E-state index < -0.39 is 13.0 Å². The van der Waals surface area contributed by atoms with Gasteiger partial charge in [-0.05, 0) is 5.56 Å². The van der Waals surface area contributed by atoms with Crippen LogP contribution in [-0.2, 0) is 4.65 Å². The molecule has 0 aromatic heterocycles. The van der Waals surface area contributed by atoms with Gasteiger partial charge in [0.25, 0.3) is 0 Å². The summed E-state index contributed by atoms with van der Waals surface area (Å²) in [5.41, 5.74) is 6.44. The van der Waals surface area contributed by atoms with E-state index >= 15 is 0 Å². The van der Waals surface area contributed by atoms with Crippen LogP contribution in [0.4, 0.5) is 0 Å². The van der Waals surface area contributed by atoms with E-state index in [4.69, 9.17) is 10.3 Å². The third-order valence-corrected chi connectivity index (χ3v) is 2.04. The Hall–Kier alpha value is -0.875. The number of benzene rings is 1. The lowest BCUT2D eigenvalue weighted by atomic mass is 9.66. The van der Waals surface area contributed by atoms with E-state index in [1.807, 2.05) is 0 Å². The van der Waals surface area contributed by atoms with Gasteiger partial charge in [0.05, 0.1) is 0 Å². The molecule has 1 heterocycles. The predicted molar refractivity (Wildman–Crippen MR) is 44.3 cm³/mol. The summed E-state index contributed by atoms with van der Waals surface area (Å²) in [6.07, 6.45) is -1.10. The normalized spacial score (nSPS) is 33.4. The van der Waals surface area contributed by atoms with Crippen LogP contribution in [0.5, 0.6) is 0 Å². The molecule has 0 saturated carbocycles. The average molecular weight is 166 g/mol. The lowest BCUT2D eigenvalue weighted by Crippen LogP contribution is -2.57. The fourth-order valence-corrected chi connectivity index (χ4v) is 1.46. The molecule has 2 atom stereocenters. The molecule has 64 valence electrons. The maximum Gasteiger partial charge on any atom is 0.342 e. The molecule has 0 radical (unpaired) electrons. The summed E-state index contributed by atoms with van der Waals surface area (Å²) in [6.45, 7) is -2.49. The number of hydrogen-bond donors (Lipinski definition) is 3. The first-order valence-corrected chi connectivity index (χ1v) is 3.73. The predicted octanol–water partition coefficient (Wildman–Crippen LogP) is -1.20. The van der Waals surface area contributed by atoms with Crippen molar-refractivity contribution in [1.29, 1.82) is 0 Å². The van der Waals surface area contributed by atoms with Crippen molar-refractivity contribution in [1.82, 2.24) is 0 Å². The number of rotatable bonds is 0. The van der Waals surface area contributed by atoms with Crippen LogP contribution in [0, 0.1) is 0 Å². The van der Waals surface area contributed by atoms with Crippen LogP contribution < -0.4 is 11.1 Å². The van der Waals surface area contributed by atoms with Gasteiger partial charge in [-0.25, -0.2) is 0 Å². The van der Waals surface area contributed by atoms with Crippen LogP contribution in [0.25, 0.3) is 0 Å². The summed E-state index contributed by atoms with van der Waals surface area (Å²) < 4.78 is 4.77. The fourth-order valence-electron chi connectivity index (χ4n) is 1.46. The number of nitrogens with two attached hydrogens (primary N) is 1. The van der Waals surface area contributed by atoms with E-state index in [0.717, 1.165) is 0 Å². The third-order valence-electron chi connectivity index (χ3n) is 2.04. The first-order chi connectivity index (χ1) is 5.61. The fraction of sp³-hybridized carbons (Fsp3) is 0.143. The Labute approximate surface area is 69.6 Å². The van der Waals surface area contributed by atoms with Crippen LogP contribution in [-0.4, -0.2) is 16.8 Å². The molecule has 1 aliphatic rings. The van der Waals surface area contributed by atoms with E-state index in [0.29, 0.717) is 11.0 Å². The first-order valence-electron chi connectivity index (χ1n) is 3.73. The van der Waals surface area contributed by atoms with Gasteiger partial charge >= 0.3 is 6.69 Å². The smallest absolute Gasteiger partial charge is 0.342 e. The molecule has 0 unspecified atom stereocenters. The minimum Gasteiger partial charge on any atom is -0.566 e. The number of hydrogen-bond acceptors (Lipinski definition) is 4. The quantitative estimate of drug-likeness (QED) is 0.423. The van der Waals surface area contributed by atoms with E-state index in [2.05, 4.69) is 0 Å². The Morgan fingerprint density at radius 3 is 2.75 bits per heavy atom. The molecular weight excluding hydrogens is 157 g/mol. The molecule has 0 aliphatic carbocycles. The van der Waals surface area contributed by atoms with Crippen molar-refractivity contribution in [3.8, 4) is 0 Å². The molecule has 4 nitrogen and oxygen atoms in total. The van der Waals surface area contributed by atoms with E-state index in [1.54, 1.807) is 24.3 Å². The Bertz CT molecular complexity index is 315. The highest BCUT2D eigenvalue weighted by atomic mass is 16.6. The molecule has 0 bridgehead atoms. The van der Waals surface area contributed by atoms with Gasteiger partial charge in [-0.15, -0.1) is 5.46 Å². The molecule has 1 aromatic carbocycles. The summed E-state index contributed by atoms with van der Waals surface area (Å²) in [7, 11) is 0. The molecule has 0 spiro atoms. The topological polar surface area (TPSA) is 75.7 Å². The second kappa shape index (κ2) is 2.30. The first kappa shape index (κ1) is 7.76. The van der Waals surface area contributed by atoms with E-state index in [9.17, 15) is 10.1 Å². The van der Waals surface area contributed by atoms with Gasteiger partial charge in [0, 0.05) is 0 Å². The lowest BCUT2D eigenvalue weighted by molar-refractivity contribution is -0.0292. The lowest BCUT2D eigenvalue weighted by Gasteiger charge is -2.24. The number of aliphatic hydroxyl groups is 1. The Balaban J connectivity index is 2.58. The minimum absolute atomic E-state index is 0.477. The molecule has 1 aromatic rings. The van der Waals surface area contributed by atoms with Crippen molar-refractivity contribution in [2.75, 3.05) is 0 Å². The zero-order valence-electron chi connectivity index (χ0n) is 6.34. The van der Waals surface area contributed by atoms with Crippen molar-refractivity contribution < 1.29 is 14.8 Å². The van der Waals surface area contributed by atoms with Gasteiger partial charge in [0.15, 0.2) is 0 Å². The summed E-state index contributed by atoms with van der Waals surface area (Å²) in [5, 5.41) is 18.7. The molecule has 1 aliphatic heterocycles. The number of fused-ring (bicyclic) bond motifs is 1. The zero-order chi connectivity index (χ0) is 8.77. The molecule has 0 saturated heterocycles. The molecule has 2 rings (SSSR count). The summed E-state index contributed by atoms with van der Waals surface area (Å²) in [6, 6.07) is 6.81. The largest absolute Gasteiger partial charge is 0.566 e. The molecule has 0 fully saturated rings. The molecular formula is C7H9BNO3-. The minimum atomic E-state index is -2.49. The van der Waals surface area contributed by atoms with Crippen LogP contribution in [0.1, 0.15) is 11.9 Å². The molecule has 12 heavy (non-hydrogen) atoms. The van der Waals surface area contributed by atoms with Crippen LogP contribution in [0.2, 0.25) is 0 Å². The van der Waals surface area contributed by atoms with Crippen molar-refractivity contribution in [2.24, 2.45) is 5.64 Å². The van der Waals surface area contributed by atoms with Gasteiger partial charge in [-0.1, -0.05) is 24.3 Å². The summed E-state index contributed by atoms with van der Waals surface area (Å²) >= 11 is 0. The molecule has 5 heteroatoms.